The maximum atomic E-state index is 6.06. The molecule has 1 atom stereocenters. The summed E-state index contributed by atoms with van der Waals surface area (Å²) in [5.74, 6) is 0.568. The van der Waals surface area contributed by atoms with Crippen molar-refractivity contribution in [3.8, 4) is 0 Å². The third-order valence-electron chi connectivity index (χ3n) is 2.24. The van der Waals surface area contributed by atoms with Crippen molar-refractivity contribution in [3.05, 3.63) is 33.8 Å². The van der Waals surface area contributed by atoms with Gasteiger partial charge in [-0.1, -0.05) is 36.2 Å². The summed E-state index contributed by atoms with van der Waals surface area (Å²) >= 11 is 11.9. The summed E-state index contributed by atoms with van der Waals surface area (Å²) in [5.41, 5.74) is 6.64. The van der Waals surface area contributed by atoms with Crippen LogP contribution in [0.5, 0.6) is 0 Å². The van der Waals surface area contributed by atoms with Gasteiger partial charge in [0.2, 0.25) is 0 Å². The molecule has 0 saturated heterocycles. The van der Waals surface area contributed by atoms with Gasteiger partial charge in [-0.3, -0.25) is 0 Å². The molecule has 14 heavy (non-hydrogen) atoms. The average molecular weight is 232 g/mol. The topological polar surface area (TPSA) is 26.0 Å². The van der Waals surface area contributed by atoms with Crippen molar-refractivity contribution < 1.29 is 0 Å². The molecule has 78 valence electrons. The monoisotopic (exact) mass is 231 g/mol. The summed E-state index contributed by atoms with van der Waals surface area (Å²) in [6.07, 6.45) is 1.99. The lowest BCUT2D eigenvalue weighted by molar-refractivity contribution is 0.538. The van der Waals surface area contributed by atoms with Gasteiger partial charge in [-0.05, 0) is 43.0 Å². The summed E-state index contributed by atoms with van der Waals surface area (Å²) in [5, 5.41) is 1.44. The van der Waals surface area contributed by atoms with Crippen LogP contribution in [-0.2, 0) is 6.42 Å². The van der Waals surface area contributed by atoms with Crippen LogP contribution in [-0.4, -0.2) is 6.54 Å². The van der Waals surface area contributed by atoms with Crippen molar-refractivity contribution in [1.82, 2.24) is 0 Å². The lowest BCUT2D eigenvalue weighted by atomic mass is 9.98. The normalized spacial score (nSPS) is 12.9. The molecule has 0 aliphatic heterocycles. The first-order valence-electron chi connectivity index (χ1n) is 4.77. The van der Waals surface area contributed by atoms with Crippen LogP contribution in [0.1, 0.15) is 18.9 Å². The molecule has 2 N–H and O–H groups in total. The van der Waals surface area contributed by atoms with Gasteiger partial charge >= 0.3 is 0 Å². The van der Waals surface area contributed by atoms with Gasteiger partial charge in [-0.25, -0.2) is 0 Å². The standard InChI is InChI=1S/C11H15Cl2N/c1-8(4-5-14)6-9-2-3-10(12)7-11(9)13/h2-3,7-8H,4-6,14H2,1H3. The lowest BCUT2D eigenvalue weighted by Gasteiger charge is -2.11. The van der Waals surface area contributed by atoms with Gasteiger partial charge in [0.05, 0.1) is 0 Å². The zero-order valence-electron chi connectivity index (χ0n) is 8.26. The van der Waals surface area contributed by atoms with E-state index >= 15 is 0 Å². The molecule has 0 aliphatic carbocycles. The highest BCUT2D eigenvalue weighted by Gasteiger charge is 2.06. The Labute approximate surface area is 95.2 Å². The third-order valence-corrected chi connectivity index (χ3v) is 2.83. The highest BCUT2D eigenvalue weighted by atomic mass is 35.5. The minimum atomic E-state index is 0.568. The van der Waals surface area contributed by atoms with Crippen LogP contribution in [0.4, 0.5) is 0 Å². The Balaban J connectivity index is 2.67. The van der Waals surface area contributed by atoms with E-state index in [1.165, 1.54) is 0 Å². The van der Waals surface area contributed by atoms with Gasteiger partial charge in [0, 0.05) is 10.0 Å². The van der Waals surface area contributed by atoms with Gasteiger partial charge in [0.1, 0.15) is 0 Å². The first kappa shape index (κ1) is 11.8. The number of benzene rings is 1. The Bertz CT molecular complexity index is 299. The van der Waals surface area contributed by atoms with Gasteiger partial charge in [0.15, 0.2) is 0 Å². The third kappa shape index (κ3) is 3.49. The first-order chi connectivity index (χ1) is 6.63. The van der Waals surface area contributed by atoms with Crippen molar-refractivity contribution in [2.75, 3.05) is 6.54 Å². The number of rotatable bonds is 4. The molecule has 0 heterocycles. The van der Waals surface area contributed by atoms with E-state index in [-0.39, 0.29) is 0 Å². The molecule has 0 bridgehead atoms. The molecule has 1 unspecified atom stereocenters. The minimum Gasteiger partial charge on any atom is -0.330 e. The molecule has 0 aliphatic rings. The van der Waals surface area contributed by atoms with E-state index in [2.05, 4.69) is 6.92 Å². The zero-order valence-corrected chi connectivity index (χ0v) is 9.78. The fourth-order valence-electron chi connectivity index (χ4n) is 1.45. The molecule has 0 amide bonds. The van der Waals surface area contributed by atoms with Crippen LogP contribution in [0.2, 0.25) is 10.0 Å². The van der Waals surface area contributed by atoms with E-state index < -0.39 is 0 Å². The molecular weight excluding hydrogens is 217 g/mol. The van der Waals surface area contributed by atoms with Crippen LogP contribution in [0, 0.1) is 5.92 Å². The van der Waals surface area contributed by atoms with Gasteiger partial charge in [-0.15, -0.1) is 0 Å². The maximum absolute atomic E-state index is 6.06. The Morgan fingerprint density at radius 3 is 2.64 bits per heavy atom. The van der Waals surface area contributed by atoms with Crippen molar-refractivity contribution in [2.24, 2.45) is 11.7 Å². The fraction of sp³-hybridized carbons (Fsp3) is 0.455. The molecule has 0 radical (unpaired) electrons. The van der Waals surface area contributed by atoms with E-state index in [1.807, 2.05) is 12.1 Å². The second-order valence-corrected chi connectivity index (χ2v) is 4.47. The Hall–Kier alpha value is -0.240. The van der Waals surface area contributed by atoms with Crippen molar-refractivity contribution in [1.29, 1.82) is 0 Å². The highest BCUT2D eigenvalue weighted by Crippen LogP contribution is 2.23. The second kappa shape index (κ2) is 5.59. The zero-order chi connectivity index (χ0) is 10.6. The smallest absolute Gasteiger partial charge is 0.0452 e. The number of nitrogens with two attached hydrogens (primary N) is 1. The summed E-state index contributed by atoms with van der Waals surface area (Å²) in [6, 6.07) is 5.64. The van der Waals surface area contributed by atoms with E-state index in [0.29, 0.717) is 10.9 Å². The largest absolute Gasteiger partial charge is 0.330 e. The van der Waals surface area contributed by atoms with Gasteiger partial charge < -0.3 is 5.73 Å². The number of hydrogen-bond donors (Lipinski definition) is 1. The summed E-state index contributed by atoms with van der Waals surface area (Å²) in [7, 11) is 0. The Kier molecular flexibility index (Phi) is 4.73. The van der Waals surface area contributed by atoms with E-state index in [9.17, 15) is 0 Å². The summed E-state index contributed by atoms with van der Waals surface area (Å²) in [4.78, 5) is 0. The van der Waals surface area contributed by atoms with Gasteiger partial charge in [0.25, 0.3) is 0 Å². The summed E-state index contributed by atoms with van der Waals surface area (Å²) in [6.45, 7) is 2.91. The maximum Gasteiger partial charge on any atom is 0.0452 e. The molecule has 1 aromatic carbocycles. The molecule has 0 spiro atoms. The minimum absolute atomic E-state index is 0.568. The molecule has 1 rings (SSSR count). The van der Waals surface area contributed by atoms with Crippen molar-refractivity contribution >= 4 is 23.2 Å². The molecule has 1 nitrogen and oxygen atoms in total. The predicted molar refractivity (Wildman–Crippen MR) is 63.0 cm³/mol. The average Bonchev–Trinajstić information content (AvgIpc) is 2.10. The number of halogens is 2. The lowest BCUT2D eigenvalue weighted by Crippen LogP contribution is -2.08. The number of hydrogen-bond acceptors (Lipinski definition) is 1. The summed E-state index contributed by atoms with van der Waals surface area (Å²) < 4.78 is 0. The van der Waals surface area contributed by atoms with Gasteiger partial charge in [-0.2, -0.15) is 0 Å². The van der Waals surface area contributed by atoms with E-state index in [1.54, 1.807) is 6.07 Å². The predicted octanol–water partition coefficient (Wildman–Crippen LogP) is 3.52. The SMILES string of the molecule is CC(CCN)Cc1ccc(Cl)cc1Cl. The molecule has 0 fully saturated rings. The second-order valence-electron chi connectivity index (χ2n) is 3.62. The van der Waals surface area contributed by atoms with Crippen LogP contribution < -0.4 is 5.73 Å². The van der Waals surface area contributed by atoms with Crippen LogP contribution in [0.3, 0.4) is 0 Å². The molecular formula is C11H15Cl2N. The quantitative estimate of drug-likeness (QED) is 0.844. The van der Waals surface area contributed by atoms with Crippen LogP contribution >= 0.6 is 23.2 Å². The first-order valence-corrected chi connectivity index (χ1v) is 5.53. The Morgan fingerprint density at radius 2 is 2.07 bits per heavy atom. The van der Waals surface area contributed by atoms with Crippen molar-refractivity contribution in [2.45, 2.75) is 19.8 Å². The fourth-order valence-corrected chi connectivity index (χ4v) is 1.93. The van der Waals surface area contributed by atoms with E-state index in [4.69, 9.17) is 28.9 Å². The van der Waals surface area contributed by atoms with E-state index in [0.717, 1.165) is 30.0 Å². The van der Waals surface area contributed by atoms with Crippen LogP contribution in [0.25, 0.3) is 0 Å². The Morgan fingerprint density at radius 1 is 1.36 bits per heavy atom. The molecule has 3 heteroatoms. The van der Waals surface area contributed by atoms with Crippen LogP contribution in [0.15, 0.2) is 18.2 Å². The molecule has 0 aromatic heterocycles. The highest BCUT2D eigenvalue weighted by molar-refractivity contribution is 6.35. The van der Waals surface area contributed by atoms with Crippen molar-refractivity contribution in [3.63, 3.8) is 0 Å². The molecule has 0 saturated carbocycles. The molecule has 1 aromatic rings.